The molecule has 0 unspecified atom stereocenters. The smallest absolute Gasteiger partial charge is 0.227 e. The van der Waals surface area contributed by atoms with Crippen molar-refractivity contribution in [3.05, 3.63) is 103 Å². The van der Waals surface area contributed by atoms with Gasteiger partial charge in [-0.3, -0.25) is 0 Å². The number of para-hydroxylation sites is 2. The van der Waals surface area contributed by atoms with Crippen LogP contribution in [0, 0.1) is 0 Å². The highest BCUT2D eigenvalue weighted by Crippen LogP contribution is 2.39. The van der Waals surface area contributed by atoms with Gasteiger partial charge in [-0.25, -0.2) is 15.0 Å². The zero-order chi connectivity index (χ0) is 22.5. The second-order valence-electron chi connectivity index (χ2n) is 8.11. The summed E-state index contributed by atoms with van der Waals surface area (Å²) in [5.41, 5.74) is 5.47. The third-order valence-corrected chi connectivity index (χ3v) is 7.01. The summed E-state index contributed by atoms with van der Waals surface area (Å²) in [5.74, 6) is 1.28. The SMILES string of the molecule is c1ccc(-c2nc(-c3cccc(-c4nc5ccccc5o4)c3)nc3sc4ccccc4c23)cc1. The van der Waals surface area contributed by atoms with Crippen LogP contribution in [-0.4, -0.2) is 15.0 Å². The van der Waals surface area contributed by atoms with Crippen molar-refractivity contribution in [2.75, 3.05) is 0 Å². The van der Waals surface area contributed by atoms with Crippen molar-refractivity contribution in [2.24, 2.45) is 0 Å². The molecule has 0 aliphatic heterocycles. The second-order valence-corrected chi connectivity index (χ2v) is 9.14. The van der Waals surface area contributed by atoms with Crippen LogP contribution in [0.4, 0.5) is 0 Å². The van der Waals surface area contributed by atoms with Gasteiger partial charge in [-0.1, -0.05) is 72.8 Å². The number of fused-ring (bicyclic) bond motifs is 4. The summed E-state index contributed by atoms with van der Waals surface area (Å²) < 4.78 is 7.21. The molecule has 7 rings (SSSR count). The molecule has 0 saturated heterocycles. The molecule has 0 saturated carbocycles. The van der Waals surface area contributed by atoms with E-state index >= 15 is 0 Å². The summed E-state index contributed by atoms with van der Waals surface area (Å²) in [7, 11) is 0. The molecule has 0 atom stereocenters. The van der Waals surface area contributed by atoms with E-state index in [4.69, 9.17) is 14.4 Å². The lowest BCUT2D eigenvalue weighted by Gasteiger charge is -2.08. The Balaban J connectivity index is 1.44. The molecule has 4 aromatic carbocycles. The van der Waals surface area contributed by atoms with Crippen LogP contribution in [0.2, 0.25) is 0 Å². The minimum absolute atomic E-state index is 0.592. The Bertz CT molecular complexity index is 1790. The van der Waals surface area contributed by atoms with E-state index in [0.29, 0.717) is 11.7 Å². The monoisotopic (exact) mass is 455 g/mol. The van der Waals surface area contributed by atoms with Crippen molar-refractivity contribution in [3.63, 3.8) is 0 Å². The first-order chi connectivity index (χ1) is 16.8. The third kappa shape index (κ3) is 3.10. The molecule has 0 fully saturated rings. The fourth-order valence-corrected chi connectivity index (χ4v) is 5.42. The standard InChI is InChI=1S/C29H17N3OS/c1-2-9-18(10-3-1)26-25-21-13-4-7-16-24(21)34-29(25)32-27(31-26)19-11-8-12-20(17-19)28-30-22-14-5-6-15-23(22)33-28/h1-17H. The Hall–Kier alpha value is -4.35. The molecule has 5 heteroatoms. The molecule has 3 heterocycles. The maximum absolute atomic E-state index is 6.00. The van der Waals surface area contributed by atoms with E-state index in [1.54, 1.807) is 11.3 Å². The average molecular weight is 456 g/mol. The number of oxazole rings is 1. The molecular formula is C29H17N3OS. The maximum atomic E-state index is 6.00. The molecule has 7 aromatic rings. The quantitative estimate of drug-likeness (QED) is 0.271. The second kappa shape index (κ2) is 7.61. The summed E-state index contributed by atoms with van der Waals surface area (Å²) in [5, 5.41) is 2.29. The van der Waals surface area contributed by atoms with E-state index in [0.717, 1.165) is 43.7 Å². The molecule has 0 N–H and O–H groups in total. The first-order valence-electron chi connectivity index (χ1n) is 11.0. The van der Waals surface area contributed by atoms with Crippen molar-refractivity contribution in [3.8, 4) is 34.1 Å². The Morgan fingerprint density at radius 1 is 0.618 bits per heavy atom. The number of thiophene rings is 1. The molecule has 160 valence electrons. The fraction of sp³-hybridized carbons (Fsp3) is 0. The predicted molar refractivity (Wildman–Crippen MR) is 139 cm³/mol. The van der Waals surface area contributed by atoms with E-state index in [9.17, 15) is 0 Å². The van der Waals surface area contributed by atoms with E-state index in [1.807, 2.05) is 66.7 Å². The zero-order valence-corrected chi connectivity index (χ0v) is 18.8. The minimum atomic E-state index is 0.592. The molecule has 0 amide bonds. The van der Waals surface area contributed by atoms with Crippen molar-refractivity contribution in [1.82, 2.24) is 15.0 Å². The van der Waals surface area contributed by atoms with Crippen LogP contribution in [-0.2, 0) is 0 Å². The molecule has 4 nitrogen and oxygen atoms in total. The Morgan fingerprint density at radius 2 is 1.38 bits per heavy atom. The molecular weight excluding hydrogens is 438 g/mol. The van der Waals surface area contributed by atoms with Crippen molar-refractivity contribution < 1.29 is 4.42 Å². The summed E-state index contributed by atoms with van der Waals surface area (Å²) in [4.78, 5) is 15.7. The molecule has 3 aromatic heterocycles. The van der Waals surface area contributed by atoms with Crippen molar-refractivity contribution in [2.45, 2.75) is 0 Å². The van der Waals surface area contributed by atoms with Gasteiger partial charge < -0.3 is 4.42 Å². The van der Waals surface area contributed by atoms with Crippen LogP contribution in [0.1, 0.15) is 0 Å². The number of aromatic nitrogens is 3. The summed E-state index contributed by atoms with van der Waals surface area (Å²) >= 11 is 1.70. The van der Waals surface area contributed by atoms with E-state index in [-0.39, 0.29) is 0 Å². The van der Waals surface area contributed by atoms with Gasteiger partial charge in [-0.05, 0) is 30.3 Å². The first-order valence-corrected chi connectivity index (χ1v) is 11.9. The first kappa shape index (κ1) is 19.1. The van der Waals surface area contributed by atoms with Crippen LogP contribution in [0.5, 0.6) is 0 Å². The Morgan fingerprint density at radius 3 is 2.29 bits per heavy atom. The molecule has 0 aliphatic rings. The summed E-state index contributed by atoms with van der Waals surface area (Å²) in [6.45, 7) is 0. The van der Waals surface area contributed by atoms with Crippen molar-refractivity contribution >= 4 is 42.7 Å². The zero-order valence-electron chi connectivity index (χ0n) is 18.0. The number of hydrogen-bond donors (Lipinski definition) is 0. The normalized spacial score (nSPS) is 11.5. The molecule has 0 aliphatic carbocycles. The molecule has 0 bridgehead atoms. The lowest BCUT2D eigenvalue weighted by Crippen LogP contribution is -1.94. The van der Waals surface area contributed by atoms with E-state index in [2.05, 4.69) is 41.4 Å². The fourth-order valence-electron chi connectivity index (χ4n) is 4.34. The summed E-state index contributed by atoms with van der Waals surface area (Å²) in [6.07, 6.45) is 0. The van der Waals surface area contributed by atoms with Gasteiger partial charge in [-0.15, -0.1) is 11.3 Å². The predicted octanol–water partition coefficient (Wildman–Crippen LogP) is 7.99. The van der Waals surface area contributed by atoms with Crippen LogP contribution in [0.25, 0.3) is 65.5 Å². The Kier molecular flexibility index (Phi) is 4.29. The number of rotatable bonds is 3. The van der Waals surface area contributed by atoms with Crippen LogP contribution in [0.3, 0.4) is 0 Å². The van der Waals surface area contributed by atoms with E-state index in [1.165, 1.54) is 10.1 Å². The highest BCUT2D eigenvalue weighted by Gasteiger charge is 2.17. The summed E-state index contributed by atoms with van der Waals surface area (Å²) in [6, 6.07) is 34.7. The number of benzene rings is 4. The number of hydrogen-bond acceptors (Lipinski definition) is 5. The van der Waals surface area contributed by atoms with Gasteiger partial charge in [0.25, 0.3) is 0 Å². The van der Waals surface area contributed by atoms with Gasteiger partial charge in [0, 0.05) is 32.2 Å². The molecule has 0 radical (unpaired) electrons. The minimum Gasteiger partial charge on any atom is -0.436 e. The van der Waals surface area contributed by atoms with Gasteiger partial charge in [0.2, 0.25) is 5.89 Å². The van der Waals surface area contributed by atoms with Gasteiger partial charge in [0.05, 0.1) is 5.69 Å². The largest absolute Gasteiger partial charge is 0.436 e. The lowest BCUT2D eigenvalue weighted by atomic mass is 10.1. The lowest BCUT2D eigenvalue weighted by molar-refractivity contribution is 0.620. The van der Waals surface area contributed by atoms with Crippen molar-refractivity contribution in [1.29, 1.82) is 0 Å². The van der Waals surface area contributed by atoms with Gasteiger partial charge >= 0.3 is 0 Å². The number of nitrogens with zero attached hydrogens (tertiary/aromatic N) is 3. The molecule has 0 spiro atoms. The van der Waals surface area contributed by atoms with Crippen LogP contribution in [0.15, 0.2) is 108 Å². The van der Waals surface area contributed by atoms with Crippen LogP contribution >= 0.6 is 11.3 Å². The van der Waals surface area contributed by atoms with Gasteiger partial charge in [0.1, 0.15) is 10.3 Å². The molecule has 34 heavy (non-hydrogen) atoms. The highest BCUT2D eigenvalue weighted by molar-refractivity contribution is 7.25. The van der Waals surface area contributed by atoms with Crippen LogP contribution < -0.4 is 0 Å². The Labute approximate surface area is 199 Å². The van der Waals surface area contributed by atoms with Gasteiger partial charge in [-0.2, -0.15) is 0 Å². The third-order valence-electron chi connectivity index (χ3n) is 5.95. The topological polar surface area (TPSA) is 51.8 Å². The highest BCUT2D eigenvalue weighted by atomic mass is 32.1. The maximum Gasteiger partial charge on any atom is 0.227 e. The average Bonchev–Trinajstić information content (AvgIpc) is 3.50. The van der Waals surface area contributed by atoms with Gasteiger partial charge in [0.15, 0.2) is 11.4 Å². The van der Waals surface area contributed by atoms with E-state index < -0.39 is 0 Å².